The van der Waals surface area contributed by atoms with Gasteiger partial charge in [0.2, 0.25) is 0 Å². The first-order valence-corrected chi connectivity index (χ1v) is 7.77. The van der Waals surface area contributed by atoms with Gasteiger partial charge < -0.3 is 4.74 Å². The molecule has 1 aromatic rings. The minimum atomic E-state index is -3.77. The van der Waals surface area contributed by atoms with E-state index in [-0.39, 0.29) is 17.5 Å². The quantitative estimate of drug-likeness (QED) is 0.593. The molecule has 0 amide bonds. The Kier molecular flexibility index (Phi) is 4.97. The van der Waals surface area contributed by atoms with E-state index in [4.69, 9.17) is 15.4 Å². The van der Waals surface area contributed by atoms with Crippen LogP contribution in [0.5, 0.6) is 0 Å². The molecule has 5 nitrogen and oxygen atoms in total. The molecule has 1 rings (SSSR count). The molecule has 0 saturated heterocycles. The third-order valence-electron chi connectivity index (χ3n) is 2.15. The van der Waals surface area contributed by atoms with Gasteiger partial charge in [-0.1, -0.05) is 6.92 Å². The smallest absolute Gasteiger partial charge is 0.264 e. The number of hydrogen-bond donors (Lipinski definition) is 0. The molecule has 1 aromatic heterocycles. The van der Waals surface area contributed by atoms with Crippen LogP contribution in [0.1, 0.15) is 38.9 Å². The van der Waals surface area contributed by atoms with Gasteiger partial charge in [0.1, 0.15) is 10.6 Å². The zero-order valence-corrected chi connectivity index (χ0v) is 11.8. The van der Waals surface area contributed by atoms with Crippen molar-refractivity contribution < 1.29 is 13.2 Å². The van der Waals surface area contributed by atoms with Crippen molar-refractivity contribution in [2.45, 2.75) is 44.7 Å². The summed E-state index contributed by atoms with van der Waals surface area (Å²) < 4.78 is 29.6. The van der Waals surface area contributed by atoms with Crippen LogP contribution in [0.3, 0.4) is 0 Å². The van der Waals surface area contributed by atoms with Crippen LogP contribution in [0, 0.1) is 0 Å². The Labute approximate surface area is 106 Å². The minimum Gasteiger partial charge on any atom is -0.375 e. The maximum absolute atomic E-state index is 11.4. The van der Waals surface area contributed by atoms with Crippen molar-refractivity contribution >= 4 is 19.7 Å². The first-order chi connectivity index (χ1) is 7.86. The summed E-state index contributed by atoms with van der Waals surface area (Å²) in [4.78, 5) is 0.0315. The predicted octanol–water partition coefficient (Wildman–Crippen LogP) is 2.32. The van der Waals surface area contributed by atoms with Crippen LogP contribution >= 0.6 is 10.7 Å². The molecule has 1 heterocycles. The zero-order valence-electron chi connectivity index (χ0n) is 10.2. The number of hydrogen-bond acceptors (Lipinski definition) is 4. The standard InChI is InChI=1S/C10H17ClN2O3S/c1-4-5-16-7-9-10(17(11,14)15)6-13(12-9)8(2)3/h6,8H,4-5,7H2,1-3H3. The van der Waals surface area contributed by atoms with E-state index in [1.165, 1.54) is 6.20 Å². The summed E-state index contributed by atoms with van der Waals surface area (Å²) in [6.45, 7) is 6.53. The van der Waals surface area contributed by atoms with Gasteiger partial charge in [0.05, 0.1) is 6.61 Å². The largest absolute Gasteiger partial charge is 0.375 e. The fourth-order valence-electron chi connectivity index (χ4n) is 1.29. The Balaban J connectivity index is 3.00. The van der Waals surface area contributed by atoms with Gasteiger partial charge in [-0.2, -0.15) is 5.10 Å². The molecule has 98 valence electrons. The predicted molar refractivity (Wildman–Crippen MR) is 65.6 cm³/mol. The van der Waals surface area contributed by atoms with E-state index in [1.54, 1.807) is 4.68 Å². The molecular weight excluding hydrogens is 264 g/mol. The maximum atomic E-state index is 11.4. The number of halogens is 1. The molecule has 0 N–H and O–H groups in total. The van der Waals surface area contributed by atoms with E-state index in [0.29, 0.717) is 12.3 Å². The van der Waals surface area contributed by atoms with Crippen molar-refractivity contribution in [1.29, 1.82) is 0 Å². The second kappa shape index (κ2) is 5.84. The molecule has 0 radical (unpaired) electrons. The number of rotatable bonds is 6. The molecule has 0 aromatic carbocycles. The van der Waals surface area contributed by atoms with Crippen molar-refractivity contribution in [1.82, 2.24) is 9.78 Å². The second-order valence-electron chi connectivity index (χ2n) is 4.00. The monoisotopic (exact) mass is 280 g/mol. The van der Waals surface area contributed by atoms with Gasteiger partial charge in [-0.25, -0.2) is 8.42 Å². The maximum Gasteiger partial charge on any atom is 0.264 e. The molecule has 17 heavy (non-hydrogen) atoms. The highest BCUT2D eigenvalue weighted by Gasteiger charge is 2.21. The molecule has 0 atom stereocenters. The Morgan fingerprint density at radius 3 is 2.65 bits per heavy atom. The van der Waals surface area contributed by atoms with Crippen molar-refractivity contribution in [3.63, 3.8) is 0 Å². The minimum absolute atomic E-state index is 0.0315. The molecule has 0 aliphatic heterocycles. The summed E-state index contributed by atoms with van der Waals surface area (Å²) in [5.41, 5.74) is 0.363. The highest BCUT2D eigenvalue weighted by Crippen LogP contribution is 2.21. The Hall–Kier alpha value is -0.590. The lowest BCUT2D eigenvalue weighted by Crippen LogP contribution is -2.03. The number of aromatic nitrogens is 2. The summed E-state index contributed by atoms with van der Waals surface area (Å²) in [6.07, 6.45) is 2.31. The van der Waals surface area contributed by atoms with Crippen LogP contribution in [0.25, 0.3) is 0 Å². The highest BCUT2D eigenvalue weighted by atomic mass is 35.7. The van der Waals surface area contributed by atoms with Crippen LogP contribution in [0.15, 0.2) is 11.1 Å². The Bertz CT molecular complexity index is 468. The molecule has 0 bridgehead atoms. The van der Waals surface area contributed by atoms with Gasteiger partial charge in [-0.3, -0.25) is 4.68 Å². The van der Waals surface area contributed by atoms with Crippen LogP contribution < -0.4 is 0 Å². The average Bonchev–Trinajstić information content (AvgIpc) is 2.62. The fraction of sp³-hybridized carbons (Fsp3) is 0.700. The first-order valence-electron chi connectivity index (χ1n) is 5.46. The summed E-state index contributed by atoms with van der Waals surface area (Å²) in [6, 6.07) is 0.0760. The first kappa shape index (κ1) is 14.5. The molecule has 0 aliphatic rings. The van der Waals surface area contributed by atoms with Gasteiger partial charge in [0, 0.05) is 29.5 Å². The zero-order chi connectivity index (χ0) is 13.1. The Morgan fingerprint density at radius 1 is 1.53 bits per heavy atom. The van der Waals surface area contributed by atoms with E-state index in [0.717, 1.165) is 6.42 Å². The third-order valence-corrected chi connectivity index (χ3v) is 3.51. The summed E-state index contributed by atoms with van der Waals surface area (Å²) >= 11 is 0. The topological polar surface area (TPSA) is 61.2 Å². The van der Waals surface area contributed by atoms with Gasteiger partial charge in [-0.15, -0.1) is 0 Å². The SMILES string of the molecule is CCCOCc1nn(C(C)C)cc1S(=O)(=O)Cl. The second-order valence-corrected chi connectivity index (χ2v) is 6.54. The lowest BCUT2D eigenvalue weighted by molar-refractivity contribution is 0.116. The summed E-state index contributed by atoms with van der Waals surface area (Å²) in [5.74, 6) is 0. The Morgan fingerprint density at radius 2 is 2.18 bits per heavy atom. The molecule has 0 saturated carbocycles. The van der Waals surface area contributed by atoms with E-state index < -0.39 is 9.05 Å². The summed E-state index contributed by atoms with van der Waals surface area (Å²) in [5, 5.41) is 4.18. The van der Waals surface area contributed by atoms with Crippen molar-refractivity contribution in [3.8, 4) is 0 Å². The van der Waals surface area contributed by atoms with Crippen molar-refractivity contribution in [2.24, 2.45) is 0 Å². The molecule has 0 spiro atoms. The van der Waals surface area contributed by atoms with E-state index in [2.05, 4.69) is 5.10 Å². The lowest BCUT2D eigenvalue weighted by atomic mass is 10.4. The lowest BCUT2D eigenvalue weighted by Gasteiger charge is -2.03. The van der Waals surface area contributed by atoms with Crippen molar-refractivity contribution in [3.05, 3.63) is 11.9 Å². The van der Waals surface area contributed by atoms with Crippen LogP contribution in [-0.2, 0) is 20.4 Å². The van der Waals surface area contributed by atoms with Gasteiger partial charge in [-0.05, 0) is 20.3 Å². The van der Waals surface area contributed by atoms with Crippen LogP contribution in [0.2, 0.25) is 0 Å². The highest BCUT2D eigenvalue weighted by molar-refractivity contribution is 8.13. The molecule has 7 heteroatoms. The number of ether oxygens (including phenoxy) is 1. The summed E-state index contributed by atoms with van der Waals surface area (Å²) in [7, 11) is 1.58. The van der Waals surface area contributed by atoms with E-state index in [9.17, 15) is 8.42 Å². The number of nitrogens with zero attached hydrogens (tertiary/aromatic N) is 2. The fourth-order valence-corrected chi connectivity index (χ4v) is 2.30. The van der Waals surface area contributed by atoms with E-state index >= 15 is 0 Å². The van der Waals surface area contributed by atoms with Crippen molar-refractivity contribution in [2.75, 3.05) is 6.61 Å². The molecule has 0 aliphatic carbocycles. The average molecular weight is 281 g/mol. The molecule has 0 unspecified atom stereocenters. The normalized spacial score (nSPS) is 12.3. The molecular formula is C10H17ClN2O3S. The van der Waals surface area contributed by atoms with Crippen LogP contribution in [0.4, 0.5) is 0 Å². The van der Waals surface area contributed by atoms with Crippen LogP contribution in [-0.4, -0.2) is 24.8 Å². The third kappa shape index (κ3) is 3.97. The van der Waals surface area contributed by atoms with Gasteiger partial charge in [0.25, 0.3) is 9.05 Å². The van der Waals surface area contributed by atoms with Gasteiger partial charge in [0.15, 0.2) is 0 Å². The van der Waals surface area contributed by atoms with Gasteiger partial charge >= 0.3 is 0 Å². The molecule has 0 fully saturated rings. The van der Waals surface area contributed by atoms with E-state index in [1.807, 2.05) is 20.8 Å².